The molecule has 5 heteroatoms. The molecular formula is C21H27NO4. The predicted molar refractivity (Wildman–Crippen MR) is 97.2 cm³/mol. The molecule has 0 bridgehead atoms. The third-order valence-electron chi connectivity index (χ3n) is 5.25. The number of ether oxygens (including phenoxy) is 1. The Bertz CT molecular complexity index is 694. The topological polar surface area (TPSA) is 63.7 Å². The smallest absolute Gasteiger partial charge is 0.336 e. The molecule has 3 rings (SSSR count). The van der Waals surface area contributed by atoms with Crippen molar-refractivity contribution in [2.75, 3.05) is 6.54 Å². The van der Waals surface area contributed by atoms with Gasteiger partial charge in [-0.15, -0.1) is 0 Å². The van der Waals surface area contributed by atoms with Crippen LogP contribution in [-0.4, -0.2) is 35.3 Å². The van der Waals surface area contributed by atoms with E-state index in [1.165, 1.54) is 11.1 Å². The average molecular weight is 357 g/mol. The van der Waals surface area contributed by atoms with Crippen molar-refractivity contribution < 1.29 is 19.1 Å². The molecule has 1 aliphatic heterocycles. The molecule has 1 fully saturated rings. The molecule has 0 unspecified atom stereocenters. The minimum atomic E-state index is -0.737. The minimum Gasteiger partial charge on any atom is -0.391 e. The summed E-state index contributed by atoms with van der Waals surface area (Å²) in [7, 11) is 0. The summed E-state index contributed by atoms with van der Waals surface area (Å²) in [5.41, 5.74) is 1.90. The molecular weight excluding hydrogens is 330 g/mol. The van der Waals surface area contributed by atoms with Crippen molar-refractivity contribution >= 4 is 17.8 Å². The predicted octanol–water partition coefficient (Wildman–Crippen LogP) is 2.90. The van der Waals surface area contributed by atoms with Crippen LogP contribution in [0.5, 0.6) is 0 Å². The first-order valence-corrected chi connectivity index (χ1v) is 9.38. The van der Waals surface area contributed by atoms with E-state index in [1.54, 1.807) is 25.7 Å². The van der Waals surface area contributed by atoms with Crippen molar-refractivity contribution in [3.8, 4) is 0 Å². The highest BCUT2D eigenvalue weighted by Crippen LogP contribution is 2.30. The first-order chi connectivity index (χ1) is 12.3. The zero-order valence-electron chi connectivity index (χ0n) is 15.8. The van der Waals surface area contributed by atoms with Gasteiger partial charge in [-0.25, -0.2) is 4.79 Å². The number of carbonyl (C=O) groups excluding carboxylic acids is 3. The number of carbonyl (C=O) groups is 3. The molecule has 1 amide bonds. The maximum absolute atomic E-state index is 12.8. The third-order valence-corrected chi connectivity index (χ3v) is 5.25. The number of fused-ring (bicyclic) bond motifs is 1. The van der Waals surface area contributed by atoms with Crippen LogP contribution in [0.25, 0.3) is 0 Å². The van der Waals surface area contributed by atoms with Crippen LogP contribution in [0.3, 0.4) is 0 Å². The van der Waals surface area contributed by atoms with Crippen molar-refractivity contribution in [2.45, 2.75) is 58.9 Å². The van der Waals surface area contributed by atoms with Gasteiger partial charge in [-0.05, 0) is 63.5 Å². The zero-order valence-corrected chi connectivity index (χ0v) is 15.8. The molecule has 140 valence electrons. The van der Waals surface area contributed by atoms with Gasteiger partial charge in [-0.2, -0.15) is 0 Å². The van der Waals surface area contributed by atoms with E-state index < -0.39 is 23.4 Å². The van der Waals surface area contributed by atoms with E-state index in [2.05, 4.69) is 12.1 Å². The highest BCUT2D eigenvalue weighted by atomic mass is 16.6. The number of nitrogens with zero attached hydrogens (tertiary/aromatic N) is 1. The van der Waals surface area contributed by atoms with Crippen LogP contribution in [0.2, 0.25) is 0 Å². The van der Waals surface area contributed by atoms with Gasteiger partial charge in [0.1, 0.15) is 6.04 Å². The van der Waals surface area contributed by atoms with Crippen molar-refractivity contribution in [3.63, 3.8) is 0 Å². The molecule has 0 radical (unpaired) electrons. The monoisotopic (exact) mass is 357 g/mol. The van der Waals surface area contributed by atoms with E-state index in [1.807, 2.05) is 12.1 Å². The fourth-order valence-electron chi connectivity index (χ4n) is 3.78. The van der Waals surface area contributed by atoms with E-state index in [4.69, 9.17) is 4.74 Å². The van der Waals surface area contributed by atoms with Gasteiger partial charge >= 0.3 is 11.9 Å². The van der Waals surface area contributed by atoms with Gasteiger partial charge in [0.2, 0.25) is 5.91 Å². The zero-order chi connectivity index (χ0) is 18.9. The van der Waals surface area contributed by atoms with Crippen LogP contribution in [0, 0.1) is 11.3 Å². The number of amides is 1. The number of benzene rings is 1. The lowest BCUT2D eigenvalue weighted by molar-refractivity contribution is -0.170. The summed E-state index contributed by atoms with van der Waals surface area (Å²) in [4.78, 5) is 38.8. The molecule has 0 saturated carbocycles. The second kappa shape index (κ2) is 7.22. The van der Waals surface area contributed by atoms with Crippen molar-refractivity contribution in [1.82, 2.24) is 4.90 Å². The number of rotatable bonds is 3. The normalized spacial score (nSPS) is 20.1. The lowest BCUT2D eigenvalue weighted by Crippen LogP contribution is -2.43. The Kier molecular flexibility index (Phi) is 5.17. The van der Waals surface area contributed by atoms with Gasteiger partial charge in [0, 0.05) is 13.0 Å². The molecule has 1 aromatic carbocycles. The number of likely N-dealkylation sites (tertiary alicyclic amines) is 1. The van der Waals surface area contributed by atoms with Crippen LogP contribution >= 0.6 is 0 Å². The Morgan fingerprint density at radius 1 is 1.12 bits per heavy atom. The highest BCUT2D eigenvalue weighted by Gasteiger charge is 2.38. The standard InChI is InChI=1S/C21H27NO4/c1-21(2,3)20(25)26-19(24)17-9-6-10-22(17)18(23)13-14-11-15-7-4-5-8-16(15)12-14/h4-5,7-8,14,17H,6,9-13H2,1-3H3/t17-/m0/s1. The Balaban J connectivity index is 1.59. The second-order valence-electron chi connectivity index (χ2n) is 8.45. The first kappa shape index (κ1) is 18.6. The molecule has 1 aliphatic carbocycles. The Labute approximate surface area is 154 Å². The number of hydrogen-bond donors (Lipinski definition) is 0. The fourth-order valence-corrected chi connectivity index (χ4v) is 3.78. The summed E-state index contributed by atoms with van der Waals surface area (Å²) in [5, 5.41) is 0. The molecule has 1 aromatic rings. The first-order valence-electron chi connectivity index (χ1n) is 9.38. The van der Waals surface area contributed by atoms with Gasteiger partial charge in [0.25, 0.3) is 0 Å². The fraction of sp³-hybridized carbons (Fsp3) is 0.571. The Morgan fingerprint density at radius 2 is 1.73 bits per heavy atom. The molecule has 5 nitrogen and oxygen atoms in total. The van der Waals surface area contributed by atoms with Crippen molar-refractivity contribution in [1.29, 1.82) is 0 Å². The Morgan fingerprint density at radius 3 is 2.31 bits per heavy atom. The number of hydrogen-bond acceptors (Lipinski definition) is 4. The van der Waals surface area contributed by atoms with E-state index in [-0.39, 0.29) is 11.8 Å². The maximum atomic E-state index is 12.8. The molecule has 1 saturated heterocycles. The molecule has 1 atom stereocenters. The van der Waals surface area contributed by atoms with E-state index in [0.717, 1.165) is 19.3 Å². The molecule has 1 heterocycles. The summed E-state index contributed by atoms with van der Waals surface area (Å²) in [5.74, 6) is -0.864. The Hall–Kier alpha value is -2.17. The molecule has 0 spiro atoms. The van der Waals surface area contributed by atoms with Gasteiger partial charge < -0.3 is 9.64 Å². The summed E-state index contributed by atoms with van der Waals surface area (Å²) >= 11 is 0. The lowest BCUT2D eigenvalue weighted by Gasteiger charge is -2.25. The molecule has 2 aliphatic rings. The SMILES string of the molecule is CC(C)(C)C(=O)OC(=O)[C@@H]1CCCN1C(=O)CC1Cc2ccccc2C1. The van der Waals surface area contributed by atoms with Crippen LogP contribution < -0.4 is 0 Å². The van der Waals surface area contributed by atoms with Gasteiger partial charge in [0.15, 0.2) is 0 Å². The van der Waals surface area contributed by atoms with Crippen molar-refractivity contribution in [3.05, 3.63) is 35.4 Å². The summed E-state index contributed by atoms with van der Waals surface area (Å²) in [6.07, 6.45) is 3.58. The third kappa shape index (κ3) is 3.97. The van der Waals surface area contributed by atoms with Crippen molar-refractivity contribution in [2.24, 2.45) is 11.3 Å². The molecule has 26 heavy (non-hydrogen) atoms. The molecule has 0 aromatic heterocycles. The van der Waals surface area contributed by atoms with Crippen LogP contribution in [0.4, 0.5) is 0 Å². The largest absolute Gasteiger partial charge is 0.391 e. The second-order valence-corrected chi connectivity index (χ2v) is 8.45. The van der Waals surface area contributed by atoms with Crippen LogP contribution in [0.1, 0.15) is 51.2 Å². The van der Waals surface area contributed by atoms with Gasteiger partial charge in [-0.1, -0.05) is 24.3 Å². The molecule has 0 N–H and O–H groups in total. The lowest BCUT2D eigenvalue weighted by atomic mass is 9.97. The summed E-state index contributed by atoms with van der Waals surface area (Å²) < 4.78 is 5.03. The van der Waals surface area contributed by atoms with Crippen LogP contribution in [-0.2, 0) is 32.0 Å². The number of esters is 2. The van der Waals surface area contributed by atoms with E-state index in [0.29, 0.717) is 19.4 Å². The van der Waals surface area contributed by atoms with Gasteiger partial charge in [0.05, 0.1) is 5.41 Å². The van der Waals surface area contributed by atoms with E-state index in [9.17, 15) is 14.4 Å². The summed E-state index contributed by atoms with van der Waals surface area (Å²) in [6, 6.07) is 7.67. The average Bonchev–Trinajstić information content (AvgIpc) is 3.20. The quantitative estimate of drug-likeness (QED) is 0.616. The summed E-state index contributed by atoms with van der Waals surface area (Å²) in [6.45, 7) is 5.68. The van der Waals surface area contributed by atoms with E-state index >= 15 is 0 Å². The van der Waals surface area contributed by atoms with Gasteiger partial charge in [-0.3, -0.25) is 9.59 Å². The maximum Gasteiger partial charge on any atom is 0.336 e. The van der Waals surface area contributed by atoms with Crippen LogP contribution in [0.15, 0.2) is 24.3 Å². The highest BCUT2D eigenvalue weighted by molar-refractivity contribution is 5.93. The minimum absolute atomic E-state index is 0.00883.